The summed E-state index contributed by atoms with van der Waals surface area (Å²) in [5.74, 6) is 0.346. The number of thioether (sulfide) groups is 1. The lowest BCUT2D eigenvalue weighted by Crippen LogP contribution is -2.23. The molecule has 0 aliphatic carbocycles. The number of anilines is 2. The van der Waals surface area contributed by atoms with E-state index in [0.29, 0.717) is 6.42 Å². The van der Waals surface area contributed by atoms with Gasteiger partial charge in [-0.15, -0.1) is 0 Å². The third-order valence-corrected chi connectivity index (χ3v) is 6.06. The molecule has 0 saturated carbocycles. The van der Waals surface area contributed by atoms with Crippen LogP contribution < -0.4 is 10.2 Å². The van der Waals surface area contributed by atoms with Crippen molar-refractivity contribution in [2.24, 2.45) is 0 Å². The van der Waals surface area contributed by atoms with E-state index in [1.807, 2.05) is 48.7 Å². The normalized spacial score (nSPS) is 13.6. The Hall–Kier alpha value is -3.06. The molecule has 1 aliphatic rings. The summed E-state index contributed by atoms with van der Waals surface area (Å²) in [6, 6.07) is 17.6. The Morgan fingerprint density at radius 2 is 1.90 bits per heavy atom. The third-order valence-electron chi connectivity index (χ3n) is 5.07. The van der Waals surface area contributed by atoms with Crippen LogP contribution in [0.15, 0.2) is 66.0 Å². The standard InChI is InChI=1S/C23H24N4O2S/c1-2-26-20(17-7-4-3-5-8-17)15-24-23(26)30-16-21(28)25-18-10-12-19(13-11-18)27-14-6-9-22(27)29/h3-5,7-8,10-13,15H,2,6,9,14,16H2,1H3,(H,25,28). The molecular weight excluding hydrogens is 396 g/mol. The molecule has 2 heterocycles. The van der Waals surface area contributed by atoms with Gasteiger partial charge >= 0.3 is 0 Å². The van der Waals surface area contributed by atoms with Crippen LogP contribution in [0.5, 0.6) is 0 Å². The van der Waals surface area contributed by atoms with Crippen LogP contribution in [-0.4, -0.2) is 33.7 Å². The second-order valence-electron chi connectivity index (χ2n) is 7.07. The minimum atomic E-state index is -0.0862. The van der Waals surface area contributed by atoms with E-state index < -0.39 is 0 Å². The molecule has 0 spiro atoms. The van der Waals surface area contributed by atoms with Crippen LogP contribution in [0.2, 0.25) is 0 Å². The van der Waals surface area contributed by atoms with Crippen molar-refractivity contribution < 1.29 is 9.59 Å². The SMILES string of the molecule is CCn1c(-c2ccccc2)cnc1SCC(=O)Nc1ccc(N2CCCC2=O)cc1. The van der Waals surface area contributed by atoms with E-state index in [0.717, 1.165) is 47.3 Å². The van der Waals surface area contributed by atoms with E-state index in [-0.39, 0.29) is 17.6 Å². The Morgan fingerprint density at radius 3 is 2.57 bits per heavy atom. The highest BCUT2D eigenvalue weighted by molar-refractivity contribution is 7.99. The molecule has 2 amide bonds. The maximum absolute atomic E-state index is 12.4. The summed E-state index contributed by atoms with van der Waals surface area (Å²) in [7, 11) is 0. The zero-order valence-electron chi connectivity index (χ0n) is 16.9. The van der Waals surface area contributed by atoms with Crippen molar-refractivity contribution in [3.05, 3.63) is 60.8 Å². The van der Waals surface area contributed by atoms with Gasteiger partial charge in [0.2, 0.25) is 11.8 Å². The van der Waals surface area contributed by atoms with Crippen molar-refractivity contribution in [3.8, 4) is 11.3 Å². The van der Waals surface area contributed by atoms with E-state index in [4.69, 9.17) is 0 Å². The molecule has 1 N–H and O–H groups in total. The largest absolute Gasteiger partial charge is 0.325 e. The number of hydrogen-bond donors (Lipinski definition) is 1. The Morgan fingerprint density at radius 1 is 1.13 bits per heavy atom. The fourth-order valence-corrected chi connectivity index (χ4v) is 4.43. The van der Waals surface area contributed by atoms with Crippen LogP contribution in [0.4, 0.5) is 11.4 Å². The van der Waals surface area contributed by atoms with Crippen LogP contribution in [0.1, 0.15) is 19.8 Å². The number of carbonyl (C=O) groups excluding carboxylic acids is 2. The summed E-state index contributed by atoms with van der Waals surface area (Å²) in [6.07, 6.45) is 3.36. The minimum Gasteiger partial charge on any atom is -0.325 e. The molecule has 1 saturated heterocycles. The fourth-order valence-electron chi connectivity index (χ4n) is 3.59. The molecule has 1 aliphatic heterocycles. The molecule has 0 unspecified atom stereocenters. The second kappa shape index (κ2) is 9.17. The lowest BCUT2D eigenvalue weighted by molar-refractivity contribution is -0.117. The van der Waals surface area contributed by atoms with Gasteiger partial charge in [0.1, 0.15) is 0 Å². The highest BCUT2D eigenvalue weighted by Crippen LogP contribution is 2.26. The molecule has 0 atom stereocenters. The van der Waals surface area contributed by atoms with Crippen molar-refractivity contribution >= 4 is 35.0 Å². The Labute approximate surface area is 180 Å². The molecular formula is C23H24N4O2S. The average molecular weight is 421 g/mol. The van der Waals surface area contributed by atoms with Crippen LogP contribution in [0, 0.1) is 0 Å². The number of rotatable bonds is 7. The van der Waals surface area contributed by atoms with E-state index in [9.17, 15) is 9.59 Å². The first-order chi connectivity index (χ1) is 14.7. The number of hydrogen-bond acceptors (Lipinski definition) is 4. The molecule has 4 rings (SSSR count). The van der Waals surface area contributed by atoms with E-state index >= 15 is 0 Å². The number of aromatic nitrogens is 2. The molecule has 30 heavy (non-hydrogen) atoms. The maximum atomic E-state index is 12.4. The van der Waals surface area contributed by atoms with Crippen molar-refractivity contribution in [1.29, 1.82) is 0 Å². The number of amides is 2. The highest BCUT2D eigenvalue weighted by atomic mass is 32.2. The molecule has 0 radical (unpaired) electrons. The first-order valence-electron chi connectivity index (χ1n) is 10.1. The summed E-state index contributed by atoms with van der Waals surface area (Å²) in [5.41, 5.74) is 3.76. The molecule has 1 aromatic heterocycles. The molecule has 7 heteroatoms. The minimum absolute atomic E-state index is 0.0862. The van der Waals surface area contributed by atoms with Gasteiger partial charge in [-0.25, -0.2) is 4.98 Å². The first kappa shape index (κ1) is 20.2. The van der Waals surface area contributed by atoms with Gasteiger partial charge < -0.3 is 14.8 Å². The molecule has 6 nitrogen and oxygen atoms in total. The molecule has 2 aromatic carbocycles. The van der Waals surface area contributed by atoms with Gasteiger partial charge in [-0.3, -0.25) is 9.59 Å². The Bertz CT molecular complexity index is 1030. The van der Waals surface area contributed by atoms with Crippen molar-refractivity contribution in [2.45, 2.75) is 31.5 Å². The van der Waals surface area contributed by atoms with Crippen LogP contribution in [0.3, 0.4) is 0 Å². The lowest BCUT2D eigenvalue weighted by Gasteiger charge is -2.16. The predicted octanol–water partition coefficient (Wildman–Crippen LogP) is 4.43. The Kier molecular flexibility index (Phi) is 6.18. The number of imidazole rings is 1. The van der Waals surface area contributed by atoms with Gasteiger partial charge in [-0.2, -0.15) is 0 Å². The average Bonchev–Trinajstić information content (AvgIpc) is 3.39. The molecule has 154 valence electrons. The van der Waals surface area contributed by atoms with Gasteiger partial charge in [-0.1, -0.05) is 42.1 Å². The van der Waals surface area contributed by atoms with Gasteiger partial charge in [0.25, 0.3) is 0 Å². The summed E-state index contributed by atoms with van der Waals surface area (Å²) in [6.45, 7) is 3.62. The quantitative estimate of drug-likeness (QED) is 0.574. The van der Waals surface area contributed by atoms with Crippen LogP contribution >= 0.6 is 11.8 Å². The van der Waals surface area contributed by atoms with Crippen molar-refractivity contribution in [1.82, 2.24) is 9.55 Å². The number of carbonyl (C=O) groups is 2. The summed E-state index contributed by atoms with van der Waals surface area (Å²) in [5, 5.41) is 3.75. The molecule has 3 aromatic rings. The second-order valence-corrected chi connectivity index (χ2v) is 8.01. The monoisotopic (exact) mass is 420 g/mol. The van der Waals surface area contributed by atoms with E-state index in [2.05, 4.69) is 33.9 Å². The topological polar surface area (TPSA) is 67.2 Å². The summed E-state index contributed by atoms with van der Waals surface area (Å²) < 4.78 is 2.12. The Balaban J connectivity index is 1.36. The smallest absolute Gasteiger partial charge is 0.234 e. The van der Waals surface area contributed by atoms with Gasteiger partial charge in [0, 0.05) is 30.9 Å². The van der Waals surface area contributed by atoms with E-state index in [1.54, 1.807) is 4.90 Å². The lowest BCUT2D eigenvalue weighted by atomic mass is 10.2. The molecule has 1 fully saturated rings. The number of nitrogens with zero attached hydrogens (tertiary/aromatic N) is 3. The predicted molar refractivity (Wildman–Crippen MR) is 121 cm³/mol. The highest BCUT2D eigenvalue weighted by Gasteiger charge is 2.21. The third kappa shape index (κ3) is 4.41. The van der Waals surface area contributed by atoms with Crippen LogP contribution in [-0.2, 0) is 16.1 Å². The zero-order valence-corrected chi connectivity index (χ0v) is 17.7. The zero-order chi connectivity index (χ0) is 20.9. The van der Waals surface area contributed by atoms with Gasteiger partial charge in [0.15, 0.2) is 5.16 Å². The fraction of sp³-hybridized carbons (Fsp3) is 0.261. The van der Waals surface area contributed by atoms with Crippen molar-refractivity contribution in [3.63, 3.8) is 0 Å². The summed E-state index contributed by atoms with van der Waals surface area (Å²) in [4.78, 5) is 30.6. The van der Waals surface area contributed by atoms with Crippen molar-refractivity contribution in [2.75, 3.05) is 22.5 Å². The number of nitrogens with one attached hydrogen (secondary N) is 1. The maximum Gasteiger partial charge on any atom is 0.234 e. The van der Waals surface area contributed by atoms with Crippen LogP contribution in [0.25, 0.3) is 11.3 Å². The van der Waals surface area contributed by atoms with Gasteiger partial charge in [0.05, 0.1) is 17.6 Å². The number of benzene rings is 2. The molecule has 0 bridgehead atoms. The first-order valence-corrected chi connectivity index (χ1v) is 11.1. The van der Waals surface area contributed by atoms with E-state index in [1.165, 1.54) is 11.8 Å². The summed E-state index contributed by atoms with van der Waals surface area (Å²) >= 11 is 1.43. The van der Waals surface area contributed by atoms with Gasteiger partial charge in [-0.05, 0) is 43.2 Å².